The van der Waals surface area contributed by atoms with Crippen molar-refractivity contribution in [3.05, 3.63) is 17.6 Å². The number of rotatable bonds is 2. The minimum atomic E-state index is -4.62. The fraction of sp³-hybridized carbons (Fsp3) is 0.286. The van der Waals surface area contributed by atoms with Crippen LogP contribution < -0.4 is 4.74 Å². The van der Waals surface area contributed by atoms with E-state index in [1.807, 2.05) is 0 Å². The van der Waals surface area contributed by atoms with Crippen molar-refractivity contribution in [1.29, 1.82) is 0 Å². The molecule has 4 nitrogen and oxygen atoms in total. The first-order chi connectivity index (χ1) is 6.47. The van der Waals surface area contributed by atoms with Crippen LogP contribution in [-0.4, -0.2) is 23.4 Å². The van der Waals surface area contributed by atoms with Crippen LogP contribution in [0.5, 0.6) is 5.88 Å². The van der Waals surface area contributed by atoms with Crippen molar-refractivity contribution < 1.29 is 22.7 Å². The van der Waals surface area contributed by atoms with Gasteiger partial charge in [-0.3, -0.25) is 4.79 Å². The Labute approximate surface area is 76.7 Å². The van der Waals surface area contributed by atoms with Gasteiger partial charge in [0.25, 0.3) is 0 Å². The lowest BCUT2D eigenvalue weighted by atomic mass is 10.4. The quantitative estimate of drug-likeness (QED) is 0.684. The van der Waals surface area contributed by atoms with Gasteiger partial charge in [-0.25, -0.2) is 4.98 Å². The second-order valence-corrected chi connectivity index (χ2v) is 2.27. The average molecular weight is 206 g/mol. The minimum Gasteiger partial charge on any atom is -0.481 e. The zero-order chi connectivity index (χ0) is 10.8. The van der Waals surface area contributed by atoms with E-state index in [1.165, 1.54) is 0 Å². The molecule has 0 atom stereocenters. The molecule has 14 heavy (non-hydrogen) atoms. The maximum Gasteiger partial charge on any atom is 0.433 e. The first-order valence-corrected chi connectivity index (χ1v) is 3.43. The summed E-state index contributed by atoms with van der Waals surface area (Å²) in [5.74, 6) is -0.855. The first kappa shape index (κ1) is 10.4. The lowest BCUT2D eigenvalue weighted by molar-refractivity contribution is -0.141. The van der Waals surface area contributed by atoms with E-state index in [2.05, 4.69) is 14.7 Å². The number of methoxy groups -OCH3 is 1. The molecule has 0 saturated heterocycles. The Morgan fingerprint density at radius 3 is 2.50 bits per heavy atom. The number of hydrogen-bond acceptors (Lipinski definition) is 4. The predicted octanol–water partition coefficient (Wildman–Crippen LogP) is 1.32. The fourth-order valence-electron chi connectivity index (χ4n) is 0.745. The highest BCUT2D eigenvalue weighted by molar-refractivity contribution is 5.69. The smallest absolute Gasteiger partial charge is 0.433 e. The van der Waals surface area contributed by atoms with Crippen molar-refractivity contribution in [2.45, 2.75) is 6.18 Å². The minimum absolute atomic E-state index is 0.123. The van der Waals surface area contributed by atoms with Crippen molar-refractivity contribution in [2.24, 2.45) is 0 Å². The first-order valence-electron chi connectivity index (χ1n) is 3.43. The molecule has 0 unspecified atom stereocenters. The molecule has 1 aromatic heterocycles. The number of halogens is 3. The number of carbonyl (C=O) groups excluding carboxylic acids is 1. The van der Waals surface area contributed by atoms with Crippen molar-refractivity contribution in [2.75, 3.05) is 7.11 Å². The highest BCUT2D eigenvalue weighted by atomic mass is 19.4. The van der Waals surface area contributed by atoms with Gasteiger partial charge in [0.15, 0.2) is 17.8 Å². The zero-order valence-corrected chi connectivity index (χ0v) is 7.00. The zero-order valence-electron chi connectivity index (χ0n) is 7.00. The fourth-order valence-corrected chi connectivity index (χ4v) is 0.745. The maximum atomic E-state index is 12.2. The van der Waals surface area contributed by atoms with Gasteiger partial charge in [-0.15, -0.1) is 0 Å². The normalized spacial score (nSPS) is 11.1. The molecule has 7 heteroatoms. The second kappa shape index (κ2) is 3.60. The molecule has 0 N–H and O–H groups in total. The van der Waals surface area contributed by atoms with Gasteiger partial charge < -0.3 is 4.74 Å². The van der Waals surface area contributed by atoms with Crippen LogP contribution in [0, 0.1) is 0 Å². The Kier molecular flexibility index (Phi) is 2.68. The number of aldehydes is 1. The van der Waals surface area contributed by atoms with E-state index in [0.717, 1.165) is 7.11 Å². The molecule has 0 spiro atoms. The van der Waals surface area contributed by atoms with E-state index < -0.39 is 17.7 Å². The van der Waals surface area contributed by atoms with Crippen LogP contribution in [0.1, 0.15) is 16.3 Å². The molecule has 1 aromatic rings. The van der Waals surface area contributed by atoms with Gasteiger partial charge in [-0.1, -0.05) is 0 Å². The van der Waals surface area contributed by atoms with Gasteiger partial charge in [0.05, 0.1) is 7.11 Å². The summed E-state index contributed by atoms with van der Waals surface area (Å²) in [4.78, 5) is 16.6. The summed E-state index contributed by atoms with van der Waals surface area (Å²) in [5.41, 5.74) is -1.20. The number of hydrogen-bond donors (Lipinski definition) is 0. The summed E-state index contributed by atoms with van der Waals surface area (Å²) in [5, 5.41) is 0. The van der Waals surface area contributed by atoms with Crippen LogP contribution >= 0.6 is 0 Å². The van der Waals surface area contributed by atoms with E-state index in [9.17, 15) is 18.0 Å². The molecule has 0 saturated carbocycles. The molecule has 0 amide bonds. The molecule has 0 radical (unpaired) electrons. The van der Waals surface area contributed by atoms with Crippen LogP contribution in [0.4, 0.5) is 13.2 Å². The molecule has 0 aliphatic rings. The van der Waals surface area contributed by atoms with Gasteiger partial charge in [0.2, 0.25) is 5.88 Å². The highest BCUT2D eigenvalue weighted by Gasteiger charge is 2.33. The Hall–Kier alpha value is -1.66. The van der Waals surface area contributed by atoms with Crippen molar-refractivity contribution in [1.82, 2.24) is 9.97 Å². The van der Waals surface area contributed by atoms with Crippen LogP contribution in [0.25, 0.3) is 0 Å². The number of aromatic nitrogens is 2. The van der Waals surface area contributed by atoms with Gasteiger partial charge in [0.1, 0.15) is 0 Å². The summed E-state index contributed by atoms with van der Waals surface area (Å²) in [6.45, 7) is 0. The molecule has 1 rings (SSSR count). The summed E-state index contributed by atoms with van der Waals surface area (Å²) in [6, 6.07) is 0.618. The monoisotopic (exact) mass is 206 g/mol. The molecule has 0 bridgehead atoms. The van der Waals surface area contributed by atoms with Gasteiger partial charge >= 0.3 is 6.18 Å². The Morgan fingerprint density at radius 1 is 1.43 bits per heavy atom. The maximum absolute atomic E-state index is 12.2. The largest absolute Gasteiger partial charge is 0.481 e. The van der Waals surface area contributed by atoms with E-state index in [1.54, 1.807) is 0 Å². The number of carbonyl (C=O) groups is 1. The summed E-state index contributed by atoms with van der Waals surface area (Å²) < 4.78 is 41.0. The lowest BCUT2D eigenvalue weighted by Gasteiger charge is -2.06. The summed E-state index contributed by atoms with van der Waals surface area (Å²) in [6.07, 6.45) is -4.49. The van der Waals surface area contributed by atoms with E-state index >= 15 is 0 Å². The summed E-state index contributed by atoms with van der Waals surface area (Å²) in [7, 11) is 1.15. The standard InChI is InChI=1S/C7H5F3N2O2/c1-14-6-2-4(7(8,9)10)11-5(3-13)12-6/h2-3H,1H3. The average Bonchev–Trinajstić information content (AvgIpc) is 2.15. The molecular formula is C7H5F3N2O2. The third-order valence-corrected chi connectivity index (χ3v) is 1.32. The van der Waals surface area contributed by atoms with Crippen LogP contribution in [0.15, 0.2) is 6.07 Å². The number of ether oxygens (including phenoxy) is 1. The Balaban J connectivity index is 3.24. The molecule has 0 aliphatic carbocycles. The van der Waals surface area contributed by atoms with Crippen LogP contribution in [-0.2, 0) is 6.18 Å². The van der Waals surface area contributed by atoms with Gasteiger partial charge in [0, 0.05) is 6.07 Å². The van der Waals surface area contributed by atoms with Crippen LogP contribution in [0.3, 0.4) is 0 Å². The molecule has 1 heterocycles. The molecule has 0 fully saturated rings. The second-order valence-electron chi connectivity index (χ2n) is 2.27. The third kappa shape index (κ3) is 2.18. The summed E-state index contributed by atoms with van der Waals surface area (Å²) >= 11 is 0. The SMILES string of the molecule is COc1cc(C(F)(F)F)nc(C=O)n1. The molecule has 0 aliphatic heterocycles. The van der Waals surface area contributed by atoms with Crippen molar-refractivity contribution in [3.8, 4) is 5.88 Å². The number of alkyl halides is 3. The van der Waals surface area contributed by atoms with Crippen LogP contribution in [0.2, 0.25) is 0 Å². The topological polar surface area (TPSA) is 52.1 Å². The number of nitrogens with zero attached hydrogens (tertiary/aromatic N) is 2. The van der Waals surface area contributed by atoms with Crippen molar-refractivity contribution in [3.63, 3.8) is 0 Å². The van der Waals surface area contributed by atoms with Gasteiger partial charge in [-0.2, -0.15) is 18.2 Å². The predicted molar refractivity (Wildman–Crippen MR) is 39.0 cm³/mol. The molecular weight excluding hydrogens is 201 g/mol. The van der Waals surface area contributed by atoms with E-state index in [-0.39, 0.29) is 12.2 Å². The van der Waals surface area contributed by atoms with E-state index in [4.69, 9.17) is 0 Å². The Bertz CT molecular complexity index is 351. The molecule has 76 valence electrons. The van der Waals surface area contributed by atoms with Gasteiger partial charge in [-0.05, 0) is 0 Å². The Morgan fingerprint density at radius 2 is 2.07 bits per heavy atom. The lowest BCUT2D eigenvalue weighted by Crippen LogP contribution is -2.11. The highest BCUT2D eigenvalue weighted by Crippen LogP contribution is 2.28. The molecule has 0 aromatic carbocycles. The van der Waals surface area contributed by atoms with Crippen molar-refractivity contribution >= 4 is 6.29 Å². The van der Waals surface area contributed by atoms with E-state index in [0.29, 0.717) is 6.07 Å². The third-order valence-electron chi connectivity index (χ3n) is 1.32.